The first kappa shape index (κ1) is 14.7. The van der Waals surface area contributed by atoms with E-state index in [1.54, 1.807) is 25.3 Å². The van der Waals surface area contributed by atoms with Gasteiger partial charge in [-0.1, -0.05) is 13.8 Å². The molecule has 0 saturated heterocycles. The van der Waals surface area contributed by atoms with Crippen LogP contribution >= 0.6 is 11.6 Å². The van der Waals surface area contributed by atoms with E-state index in [-0.39, 0.29) is 11.8 Å². The van der Waals surface area contributed by atoms with Crippen molar-refractivity contribution in [2.45, 2.75) is 19.7 Å². The summed E-state index contributed by atoms with van der Waals surface area (Å²) in [5.74, 6) is 1.51. The van der Waals surface area contributed by atoms with Gasteiger partial charge in [-0.05, 0) is 18.1 Å². The quantitative estimate of drug-likeness (QED) is 0.811. The molecule has 0 bridgehead atoms. The summed E-state index contributed by atoms with van der Waals surface area (Å²) in [6, 6.07) is 5.32. The SMILES string of the molecule is COc1ccc2nc(CCl)n(C(=O)OCC(C)C)c2c1. The molecule has 1 heterocycles. The fourth-order valence-corrected chi connectivity index (χ4v) is 2.01. The van der Waals surface area contributed by atoms with Crippen LogP contribution in [0.4, 0.5) is 4.79 Å². The summed E-state index contributed by atoms with van der Waals surface area (Å²) in [5.41, 5.74) is 1.32. The van der Waals surface area contributed by atoms with Gasteiger partial charge < -0.3 is 9.47 Å². The highest BCUT2D eigenvalue weighted by Crippen LogP contribution is 2.23. The normalized spacial score (nSPS) is 11.1. The summed E-state index contributed by atoms with van der Waals surface area (Å²) in [7, 11) is 1.57. The van der Waals surface area contributed by atoms with Gasteiger partial charge in [0.2, 0.25) is 0 Å². The summed E-state index contributed by atoms with van der Waals surface area (Å²) in [6.45, 7) is 4.31. The van der Waals surface area contributed by atoms with Gasteiger partial charge in [-0.2, -0.15) is 0 Å². The number of ether oxygens (including phenoxy) is 2. The van der Waals surface area contributed by atoms with Crippen molar-refractivity contribution in [1.29, 1.82) is 0 Å². The average molecular weight is 297 g/mol. The van der Waals surface area contributed by atoms with E-state index >= 15 is 0 Å². The standard InChI is InChI=1S/C14H17ClN2O3/c1-9(2)8-20-14(18)17-12-6-10(19-3)4-5-11(12)16-13(17)7-15/h4-6,9H,7-8H2,1-3H3. The second-order valence-corrected chi connectivity index (χ2v) is 5.09. The number of alkyl halides is 1. The monoisotopic (exact) mass is 296 g/mol. The van der Waals surface area contributed by atoms with Crippen molar-refractivity contribution in [2.75, 3.05) is 13.7 Å². The van der Waals surface area contributed by atoms with Crippen LogP contribution in [0.3, 0.4) is 0 Å². The molecule has 0 aliphatic heterocycles. The second-order valence-electron chi connectivity index (χ2n) is 4.82. The predicted octanol–water partition coefficient (Wildman–Crippen LogP) is 3.42. The molecule has 6 heteroatoms. The van der Waals surface area contributed by atoms with Crippen molar-refractivity contribution < 1.29 is 14.3 Å². The molecule has 0 unspecified atom stereocenters. The molecule has 0 amide bonds. The number of imidazole rings is 1. The van der Waals surface area contributed by atoms with Crippen LogP contribution in [0.5, 0.6) is 5.75 Å². The molecule has 0 atom stereocenters. The lowest BCUT2D eigenvalue weighted by atomic mass is 10.2. The molecule has 20 heavy (non-hydrogen) atoms. The van der Waals surface area contributed by atoms with Gasteiger partial charge in [0.25, 0.3) is 0 Å². The molecule has 0 N–H and O–H groups in total. The maximum absolute atomic E-state index is 12.2. The number of carbonyl (C=O) groups is 1. The minimum atomic E-state index is -0.467. The Balaban J connectivity index is 2.45. The maximum Gasteiger partial charge on any atom is 0.420 e. The summed E-state index contributed by atoms with van der Waals surface area (Å²) in [5, 5.41) is 0. The Morgan fingerprint density at radius 2 is 2.20 bits per heavy atom. The smallest absolute Gasteiger partial charge is 0.420 e. The van der Waals surface area contributed by atoms with Crippen molar-refractivity contribution in [3.8, 4) is 5.75 Å². The van der Waals surface area contributed by atoms with Crippen LogP contribution < -0.4 is 4.74 Å². The molecule has 0 aliphatic rings. The van der Waals surface area contributed by atoms with Crippen molar-refractivity contribution in [3.63, 3.8) is 0 Å². The van der Waals surface area contributed by atoms with E-state index in [1.807, 2.05) is 13.8 Å². The molecule has 2 rings (SSSR count). The number of rotatable bonds is 4. The average Bonchev–Trinajstić information content (AvgIpc) is 2.81. The van der Waals surface area contributed by atoms with E-state index in [0.29, 0.717) is 29.2 Å². The number of hydrogen-bond acceptors (Lipinski definition) is 4. The van der Waals surface area contributed by atoms with E-state index in [2.05, 4.69) is 4.98 Å². The van der Waals surface area contributed by atoms with E-state index in [4.69, 9.17) is 21.1 Å². The maximum atomic E-state index is 12.2. The Morgan fingerprint density at radius 1 is 1.45 bits per heavy atom. The van der Waals surface area contributed by atoms with Gasteiger partial charge in [0, 0.05) is 6.07 Å². The minimum Gasteiger partial charge on any atom is -0.497 e. The molecule has 5 nitrogen and oxygen atoms in total. The van der Waals surface area contributed by atoms with Crippen LogP contribution in [-0.2, 0) is 10.6 Å². The van der Waals surface area contributed by atoms with Crippen LogP contribution in [0.15, 0.2) is 18.2 Å². The first-order chi connectivity index (χ1) is 9.56. The third-order valence-corrected chi connectivity index (χ3v) is 3.01. The summed E-state index contributed by atoms with van der Waals surface area (Å²) < 4.78 is 11.8. The van der Waals surface area contributed by atoms with Crippen LogP contribution in [0.25, 0.3) is 11.0 Å². The molecule has 1 aromatic carbocycles. The highest BCUT2D eigenvalue weighted by Gasteiger charge is 2.18. The predicted molar refractivity (Wildman–Crippen MR) is 77.4 cm³/mol. The second kappa shape index (κ2) is 6.13. The van der Waals surface area contributed by atoms with Gasteiger partial charge in [0.15, 0.2) is 0 Å². The lowest BCUT2D eigenvalue weighted by Gasteiger charge is -2.10. The van der Waals surface area contributed by atoms with Gasteiger partial charge in [0.1, 0.15) is 11.6 Å². The van der Waals surface area contributed by atoms with Gasteiger partial charge in [0.05, 0.1) is 30.6 Å². The Hall–Kier alpha value is -1.75. The first-order valence-corrected chi connectivity index (χ1v) is 6.88. The van der Waals surface area contributed by atoms with Crippen molar-refractivity contribution in [3.05, 3.63) is 24.0 Å². The fraction of sp³-hybridized carbons (Fsp3) is 0.429. The van der Waals surface area contributed by atoms with Crippen LogP contribution in [0.1, 0.15) is 19.7 Å². The first-order valence-electron chi connectivity index (χ1n) is 6.35. The van der Waals surface area contributed by atoms with E-state index in [9.17, 15) is 4.79 Å². The molecular formula is C14H17ClN2O3. The molecule has 0 radical (unpaired) electrons. The zero-order valence-electron chi connectivity index (χ0n) is 11.7. The van der Waals surface area contributed by atoms with E-state index in [1.165, 1.54) is 4.57 Å². The van der Waals surface area contributed by atoms with Crippen molar-refractivity contribution in [1.82, 2.24) is 9.55 Å². The van der Waals surface area contributed by atoms with Crippen molar-refractivity contribution in [2.24, 2.45) is 5.92 Å². The fourth-order valence-electron chi connectivity index (χ4n) is 1.83. The number of carbonyl (C=O) groups excluding carboxylic acids is 1. The van der Waals surface area contributed by atoms with Gasteiger partial charge in [-0.3, -0.25) is 0 Å². The summed E-state index contributed by atoms with van der Waals surface area (Å²) in [4.78, 5) is 16.5. The number of methoxy groups -OCH3 is 1. The third kappa shape index (κ3) is 2.88. The van der Waals surface area contributed by atoms with Crippen LogP contribution in [0.2, 0.25) is 0 Å². The van der Waals surface area contributed by atoms with Crippen LogP contribution in [0, 0.1) is 5.92 Å². The minimum absolute atomic E-state index is 0.133. The number of halogens is 1. The molecule has 0 aliphatic carbocycles. The summed E-state index contributed by atoms with van der Waals surface area (Å²) in [6.07, 6.45) is -0.467. The molecule has 0 saturated carbocycles. The third-order valence-electron chi connectivity index (χ3n) is 2.77. The van der Waals surface area contributed by atoms with Gasteiger partial charge >= 0.3 is 6.09 Å². The Kier molecular flexibility index (Phi) is 4.49. The Labute approximate surface area is 122 Å². The largest absolute Gasteiger partial charge is 0.497 e. The van der Waals surface area contributed by atoms with Gasteiger partial charge in [-0.15, -0.1) is 11.6 Å². The summed E-state index contributed by atoms with van der Waals surface area (Å²) >= 11 is 5.86. The number of fused-ring (bicyclic) bond motifs is 1. The Morgan fingerprint density at radius 3 is 2.80 bits per heavy atom. The lowest BCUT2D eigenvalue weighted by molar-refractivity contribution is 0.135. The lowest BCUT2D eigenvalue weighted by Crippen LogP contribution is -2.18. The number of aromatic nitrogens is 2. The van der Waals surface area contributed by atoms with E-state index in [0.717, 1.165) is 0 Å². The van der Waals surface area contributed by atoms with Gasteiger partial charge in [-0.25, -0.2) is 14.3 Å². The Bertz CT molecular complexity index is 622. The zero-order chi connectivity index (χ0) is 14.7. The zero-order valence-corrected chi connectivity index (χ0v) is 12.5. The highest BCUT2D eigenvalue weighted by molar-refractivity contribution is 6.17. The molecule has 2 aromatic rings. The molecule has 0 fully saturated rings. The molecular weight excluding hydrogens is 280 g/mol. The van der Waals surface area contributed by atoms with Crippen molar-refractivity contribution >= 4 is 28.7 Å². The number of benzene rings is 1. The highest BCUT2D eigenvalue weighted by atomic mass is 35.5. The number of hydrogen-bond donors (Lipinski definition) is 0. The van der Waals surface area contributed by atoms with Crippen LogP contribution in [-0.4, -0.2) is 29.4 Å². The van der Waals surface area contributed by atoms with E-state index < -0.39 is 6.09 Å². The molecule has 108 valence electrons. The number of nitrogens with zero attached hydrogens (tertiary/aromatic N) is 2. The molecule has 1 aromatic heterocycles. The molecule has 0 spiro atoms. The topological polar surface area (TPSA) is 53.4 Å².